The highest BCUT2D eigenvalue weighted by Crippen LogP contribution is 2.31. The summed E-state index contributed by atoms with van der Waals surface area (Å²) >= 11 is 6.06. The van der Waals surface area contributed by atoms with Gasteiger partial charge in [-0.05, 0) is 74.4 Å². The van der Waals surface area contributed by atoms with Crippen LogP contribution in [0.3, 0.4) is 0 Å². The maximum Gasteiger partial charge on any atom is 0.335 e. The van der Waals surface area contributed by atoms with Crippen molar-refractivity contribution in [2.45, 2.75) is 59.3 Å². The van der Waals surface area contributed by atoms with Gasteiger partial charge in [0.25, 0.3) is 0 Å². The van der Waals surface area contributed by atoms with Gasteiger partial charge < -0.3 is 14.7 Å². The van der Waals surface area contributed by atoms with Crippen LogP contribution in [0, 0.1) is 5.92 Å². The maximum atomic E-state index is 11.5. The first-order valence-electron chi connectivity index (χ1n) is 11.5. The van der Waals surface area contributed by atoms with E-state index in [-0.39, 0.29) is 0 Å². The molecule has 0 heterocycles. The Kier molecular flexibility index (Phi) is 10.7. The van der Waals surface area contributed by atoms with E-state index in [9.17, 15) is 9.90 Å². The highest BCUT2D eigenvalue weighted by Gasteiger charge is 2.18. The molecule has 0 bridgehead atoms. The standard InChI is InChI=1S/C26H36ClNO3/c1-4-10-20(5-2)19-28(6-3)24-18-22(26(29)30)14-15-25(24)31-16-8-7-11-21-12-9-13-23(27)17-21/h9,12-15,17-18,20H,4-8,10-11,16,19H2,1-3H3,(H,29,30). The van der Waals surface area contributed by atoms with Gasteiger partial charge in [-0.2, -0.15) is 0 Å². The van der Waals surface area contributed by atoms with Gasteiger partial charge in [0, 0.05) is 18.1 Å². The van der Waals surface area contributed by atoms with E-state index >= 15 is 0 Å². The number of aromatic carboxylic acids is 1. The number of benzene rings is 2. The van der Waals surface area contributed by atoms with Gasteiger partial charge in [0.05, 0.1) is 17.9 Å². The Morgan fingerprint density at radius 1 is 1.13 bits per heavy atom. The predicted octanol–water partition coefficient (Wildman–Crippen LogP) is 7.09. The number of carboxylic acids is 1. The molecule has 0 saturated heterocycles. The molecule has 2 rings (SSSR count). The normalized spacial score (nSPS) is 11.9. The number of halogens is 1. The third kappa shape index (κ3) is 8.10. The van der Waals surface area contributed by atoms with E-state index in [1.54, 1.807) is 18.2 Å². The molecule has 4 nitrogen and oxygen atoms in total. The third-order valence-electron chi connectivity index (χ3n) is 5.69. The van der Waals surface area contributed by atoms with Gasteiger partial charge in [-0.25, -0.2) is 4.79 Å². The van der Waals surface area contributed by atoms with Gasteiger partial charge in [0.15, 0.2) is 0 Å². The number of carboxylic acid groups (broad SMARTS) is 1. The van der Waals surface area contributed by atoms with Gasteiger partial charge in [0.1, 0.15) is 5.75 Å². The Balaban J connectivity index is 2.04. The lowest BCUT2D eigenvalue weighted by Gasteiger charge is -2.29. The van der Waals surface area contributed by atoms with Crippen molar-refractivity contribution in [2.24, 2.45) is 5.92 Å². The fourth-order valence-corrected chi connectivity index (χ4v) is 4.08. The fourth-order valence-electron chi connectivity index (χ4n) is 3.87. The van der Waals surface area contributed by atoms with Crippen molar-refractivity contribution >= 4 is 23.3 Å². The van der Waals surface area contributed by atoms with E-state index in [4.69, 9.17) is 16.3 Å². The van der Waals surface area contributed by atoms with Crippen molar-refractivity contribution in [3.63, 3.8) is 0 Å². The molecular formula is C26H36ClNO3. The third-order valence-corrected chi connectivity index (χ3v) is 5.92. The van der Waals surface area contributed by atoms with Crippen LogP contribution in [-0.2, 0) is 6.42 Å². The van der Waals surface area contributed by atoms with Crippen LogP contribution >= 0.6 is 11.6 Å². The second-order valence-corrected chi connectivity index (χ2v) is 8.46. The minimum absolute atomic E-state index is 0.297. The number of aryl methyl sites for hydroxylation is 1. The molecule has 0 saturated carbocycles. The average Bonchev–Trinajstić information content (AvgIpc) is 2.76. The Bertz CT molecular complexity index is 824. The van der Waals surface area contributed by atoms with E-state index in [0.717, 1.165) is 61.7 Å². The lowest BCUT2D eigenvalue weighted by molar-refractivity contribution is 0.0697. The number of rotatable bonds is 14. The van der Waals surface area contributed by atoms with Crippen LogP contribution in [0.4, 0.5) is 5.69 Å². The molecule has 0 amide bonds. The molecule has 2 aromatic carbocycles. The molecule has 0 aliphatic carbocycles. The molecular weight excluding hydrogens is 410 g/mol. The molecule has 0 aliphatic rings. The van der Waals surface area contributed by atoms with Crippen LogP contribution in [0.1, 0.15) is 68.8 Å². The lowest BCUT2D eigenvalue weighted by atomic mass is 9.99. The molecule has 0 radical (unpaired) electrons. The van der Waals surface area contributed by atoms with Crippen LogP contribution < -0.4 is 9.64 Å². The largest absolute Gasteiger partial charge is 0.491 e. The zero-order valence-corrected chi connectivity index (χ0v) is 19.8. The molecule has 0 fully saturated rings. The van der Waals surface area contributed by atoms with Crippen molar-refractivity contribution in [3.05, 3.63) is 58.6 Å². The smallest absolute Gasteiger partial charge is 0.335 e. The molecule has 31 heavy (non-hydrogen) atoms. The average molecular weight is 446 g/mol. The van der Waals surface area contributed by atoms with Crippen molar-refractivity contribution < 1.29 is 14.6 Å². The van der Waals surface area contributed by atoms with Crippen molar-refractivity contribution in [3.8, 4) is 5.75 Å². The van der Waals surface area contributed by atoms with Crippen molar-refractivity contribution in [1.82, 2.24) is 0 Å². The Hall–Kier alpha value is -2.20. The monoisotopic (exact) mass is 445 g/mol. The van der Waals surface area contributed by atoms with Crippen LogP contribution in [-0.4, -0.2) is 30.8 Å². The number of hydrogen-bond acceptors (Lipinski definition) is 3. The number of hydrogen-bond donors (Lipinski definition) is 1. The minimum atomic E-state index is -0.911. The number of unbranched alkanes of at least 4 members (excludes halogenated alkanes) is 1. The second kappa shape index (κ2) is 13.3. The number of nitrogens with zero attached hydrogens (tertiary/aromatic N) is 1. The summed E-state index contributed by atoms with van der Waals surface area (Å²) < 4.78 is 6.13. The number of anilines is 1. The summed E-state index contributed by atoms with van der Waals surface area (Å²) in [6, 6.07) is 13.2. The Labute approximate surface area is 192 Å². The molecule has 5 heteroatoms. The van der Waals surface area contributed by atoms with Gasteiger partial charge in [-0.15, -0.1) is 0 Å². The van der Waals surface area contributed by atoms with Crippen LogP contribution in [0.15, 0.2) is 42.5 Å². The molecule has 170 valence electrons. The summed E-state index contributed by atoms with van der Waals surface area (Å²) in [6.07, 6.45) is 6.33. The van der Waals surface area contributed by atoms with Crippen LogP contribution in [0.25, 0.3) is 0 Å². The van der Waals surface area contributed by atoms with E-state index in [1.807, 2.05) is 18.2 Å². The van der Waals surface area contributed by atoms with Crippen LogP contribution in [0.2, 0.25) is 5.02 Å². The molecule has 2 aromatic rings. The summed E-state index contributed by atoms with van der Waals surface area (Å²) in [6.45, 7) is 8.87. The molecule has 0 spiro atoms. The molecule has 1 N–H and O–H groups in total. The van der Waals surface area contributed by atoms with E-state index in [0.29, 0.717) is 18.1 Å². The number of carbonyl (C=O) groups is 1. The highest BCUT2D eigenvalue weighted by atomic mass is 35.5. The zero-order valence-electron chi connectivity index (χ0n) is 19.1. The predicted molar refractivity (Wildman–Crippen MR) is 130 cm³/mol. The first kappa shape index (κ1) is 25.1. The van der Waals surface area contributed by atoms with E-state index < -0.39 is 5.97 Å². The second-order valence-electron chi connectivity index (χ2n) is 8.02. The molecule has 0 aliphatic heterocycles. The summed E-state index contributed by atoms with van der Waals surface area (Å²) in [5.41, 5.74) is 2.41. The summed E-state index contributed by atoms with van der Waals surface area (Å²) in [7, 11) is 0. The topological polar surface area (TPSA) is 49.8 Å². The summed E-state index contributed by atoms with van der Waals surface area (Å²) in [4.78, 5) is 13.8. The maximum absolute atomic E-state index is 11.5. The summed E-state index contributed by atoms with van der Waals surface area (Å²) in [5.74, 6) is 0.441. The van der Waals surface area contributed by atoms with Crippen LogP contribution in [0.5, 0.6) is 5.75 Å². The minimum Gasteiger partial charge on any atom is -0.491 e. The van der Waals surface area contributed by atoms with E-state index in [2.05, 4.69) is 31.7 Å². The quantitative estimate of drug-likeness (QED) is 0.315. The zero-order chi connectivity index (χ0) is 22.6. The lowest BCUT2D eigenvalue weighted by Crippen LogP contribution is -2.30. The molecule has 1 unspecified atom stereocenters. The van der Waals surface area contributed by atoms with Gasteiger partial charge in [-0.3, -0.25) is 0 Å². The highest BCUT2D eigenvalue weighted by molar-refractivity contribution is 6.30. The fraction of sp³-hybridized carbons (Fsp3) is 0.500. The van der Waals surface area contributed by atoms with Crippen molar-refractivity contribution in [1.29, 1.82) is 0 Å². The first-order valence-corrected chi connectivity index (χ1v) is 11.9. The number of ether oxygens (including phenoxy) is 1. The van der Waals surface area contributed by atoms with Gasteiger partial charge in [-0.1, -0.05) is 50.4 Å². The van der Waals surface area contributed by atoms with Gasteiger partial charge >= 0.3 is 5.97 Å². The first-order chi connectivity index (χ1) is 15.0. The van der Waals surface area contributed by atoms with Gasteiger partial charge in [0.2, 0.25) is 0 Å². The summed E-state index contributed by atoms with van der Waals surface area (Å²) in [5, 5.41) is 10.2. The van der Waals surface area contributed by atoms with Crippen molar-refractivity contribution in [2.75, 3.05) is 24.6 Å². The Morgan fingerprint density at radius 3 is 2.58 bits per heavy atom. The SMILES string of the molecule is CCCC(CC)CN(CC)c1cc(C(=O)O)ccc1OCCCCc1cccc(Cl)c1. The Morgan fingerprint density at radius 2 is 1.94 bits per heavy atom. The molecule has 1 atom stereocenters. The van der Waals surface area contributed by atoms with E-state index in [1.165, 1.54) is 12.0 Å². The molecule has 0 aromatic heterocycles.